The molecular weight excluding hydrogens is 693 g/mol. The van der Waals surface area contributed by atoms with Crippen molar-refractivity contribution in [1.82, 2.24) is 14.1 Å². The average Bonchev–Trinajstić information content (AvgIpc) is 3.94. The predicted octanol–water partition coefficient (Wildman–Crippen LogP) is 12.5. The van der Waals surface area contributed by atoms with E-state index in [1.54, 1.807) is 0 Å². The fraction of sp³-hybridized carbons (Fsp3) is 0.170. The molecule has 2 aliphatic carbocycles. The molecule has 0 saturated heterocycles. The van der Waals surface area contributed by atoms with Gasteiger partial charge in [0.2, 0.25) is 0 Å². The minimum absolute atomic E-state index is 0.728. The lowest BCUT2D eigenvalue weighted by Gasteiger charge is -2.31. The first kappa shape index (κ1) is 32.7. The summed E-state index contributed by atoms with van der Waals surface area (Å²) < 4.78 is 4.93. The van der Waals surface area contributed by atoms with Gasteiger partial charge in [-0.2, -0.15) is 0 Å². The van der Waals surface area contributed by atoms with Gasteiger partial charge in [-0.05, 0) is 164 Å². The average molecular weight is 735 g/mol. The van der Waals surface area contributed by atoms with Gasteiger partial charge < -0.3 is 0 Å². The van der Waals surface area contributed by atoms with Gasteiger partial charge in [0.15, 0.2) is 0 Å². The molecule has 0 bridgehead atoms. The monoisotopic (exact) mass is 734 g/mol. The van der Waals surface area contributed by atoms with E-state index in [9.17, 15) is 0 Å². The molecule has 0 saturated carbocycles. The summed E-state index contributed by atoms with van der Waals surface area (Å²) in [4.78, 5) is 10.0. The fourth-order valence-electron chi connectivity index (χ4n) is 10.8. The molecule has 0 radical (unpaired) electrons. The van der Waals surface area contributed by atoms with Crippen molar-refractivity contribution in [1.29, 1.82) is 0 Å². The van der Waals surface area contributed by atoms with Crippen molar-refractivity contribution in [2.75, 3.05) is 6.54 Å². The van der Waals surface area contributed by atoms with Crippen molar-refractivity contribution < 1.29 is 0 Å². The SMILES string of the molecule is Cc1cc(C)cc(-c2ccc3c(c2)c2cc4c5c(c2n3C2=NCC=C2)CCc2cc3c6cc(-c7cc(C)cc(C)c7)ccc6n(-c6ccccn6)c3c(c2-5)CC4)c1. The number of benzene rings is 6. The Morgan fingerprint density at radius 3 is 1.54 bits per heavy atom. The Bertz CT molecular complexity index is 3250. The van der Waals surface area contributed by atoms with Crippen LogP contribution in [-0.2, 0) is 25.7 Å². The van der Waals surface area contributed by atoms with Crippen molar-refractivity contribution >= 4 is 49.4 Å². The van der Waals surface area contributed by atoms with Gasteiger partial charge in [0.05, 0.1) is 28.6 Å². The van der Waals surface area contributed by atoms with Gasteiger partial charge in [0.1, 0.15) is 11.7 Å². The zero-order valence-corrected chi connectivity index (χ0v) is 32.9. The van der Waals surface area contributed by atoms with Crippen LogP contribution in [0.4, 0.5) is 0 Å². The molecule has 0 N–H and O–H groups in total. The van der Waals surface area contributed by atoms with Crippen LogP contribution in [0.1, 0.15) is 44.5 Å². The van der Waals surface area contributed by atoms with Crippen molar-refractivity contribution in [3.05, 3.63) is 166 Å². The summed E-state index contributed by atoms with van der Waals surface area (Å²) in [6.45, 7) is 9.51. The summed E-state index contributed by atoms with van der Waals surface area (Å²) in [7, 11) is 0. The topological polar surface area (TPSA) is 35.1 Å². The second kappa shape index (κ2) is 12.0. The van der Waals surface area contributed by atoms with Crippen molar-refractivity contribution in [2.24, 2.45) is 4.99 Å². The maximum Gasteiger partial charge on any atom is 0.137 e. The normalized spacial score (nSPS) is 14.4. The molecule has 57 heavy (non-hydrogen) atoms. The van der Waals surface area contributed by atoms with Crippen molar-refractivity contribution in [3.63, 3.8) is 0 Å². The standard InChI is InChI=1S/C53H42N4/c1-30-20-31(2)23-38(22-30)34-12-16-46-42(26-34)44-28-36-11-15-41-51-37(10-14-40(50(36)51)52(44)56(46)48-8-5-6-18-54-48)29-45-43-27-35(39-24-32(3)21-33(4)25-39)13-17-47(43)57(53(41)45)49-9-7-19-55-49/h5-9,12-13,16-18,20-29H,10-11,14-15,19H2,1-4H3. The largest absolute Gasteiger partial charge is 0.294 e. The molecule has 4 heteroatoms. The quantitative estimate of drug-likeness (QED) is 0.178. The minimum Gasteiger partial charge on any atom is -0.294 e. The minimum atomic E-state index is 0.728. The van der Waals surface area contributed by atoms with E-state index in [1.165, 1.54) is 122 Å². The first-order valence-corrected chi connectivity index (χ1v) is 20.4. The van der Waals surface area contributed by atoms with E-state index in [4.69, 9.17) is 9.98 Å². The van der Waals surface area contributed by atoms with Gasteiger partial charge in [-0.25, -0.2) is 4.98 Å². The fourth-order valence-corrected chi connectivity index (χ4v) is 10.8. The van der Waals surface area contributed by atoms with Gasteiger partial charge in [-0.1, -0.05) is 82.9 Å². The van der Waals surface area contributed by atoms with Crippen LogP contribution in [0, 0.1) is 27.7 Å². The van der Waals surface area contributed by atoms with Crippen LogP contribution in [0.15, 0.2) is 126 Å². The lowest BCUT2D eigenvalue weighted by Crippen LogP contribution is -2.17. The van der Waals surface area contributed by atoms with Gasteiger partial charge >= 0.3 is 0 Å². The second-order valence-electron chi connectivity index (χ2n) is 16.7. The third kappa shape index (κ3) is 4.80. The molecule has 3 aliphatic rings. The lowest BCUT2D eigenvalue weighted by atomic mass is 9.74. The highest BCUT2D eigenvalue weighted by molar-refractivity contribution is 6.20. The summed E-state index contributed by atoms with van der Waals surface area (Å²) >= 11 is 0. The Hall–Kier alpha value is -6.52. The van der Waals surface area contributed by atoms with Gasteiger partial charge in [0, 0.05) is 27.7 Å². The summed E-state index contributed by atoms with van der Waals surface area (Å²) in [5, 5.41) is 5.29. The molecule has 0 spiro atoms. The molecule has 0 fully saturated rings. The number of pyridine rings is 1. The lowest BCUT2D eigenvalue weighted by molar-refractivity contribution is 0.883. The second-order valence-corrected chi connectivity index (χ2v) is 16.7. The van der Waals surface area contributed by atoms with E-state index >= 15 is 0 Å². The number of hydrogen-bond donors (Lipinski definition) is 0. The molecule has 3 aromatic heterocycles. The van der Waals surface area contributed by atoms with Crippen LogP contribution in [0.3, 0.4) is 0 Å². The first-order chi connectivity index (χ1) is 27.9. The molecular formula is C53H42N4. The van der Waals surface area contributed by atoms with Crippen LogP contribution in [0.5, 0.6) is 0 Å². The maximum absolute atomic E-state index is 5.04. The van der Waals surface area contributed by atoms with E-state index in [-0.39, 0.29) is 0 Å². The third-order valence-corrected chi connectivity index (χ3v) is 12.8. The molecule has 0 atom stereocenters. The number of rotatable bonds is 3. The molecule has 4 heterocycles. The number of aliphatic imine (C=N–C) groups is 1. The van der Waals surface area contributed by atoms with Gasteiger partial charge in [-0.15, -0.1) is 0 Å². The van der Waals surface area contributed by atoms with E-state index in [2.05, 4.69) is 146 Å². The number of hydrogen-bond acceptors (Lipinski definition) is 2. The Morgan fingerprint density at radius 1 is 0.491 bits per heavy atom. The number of fused-ring (bicyclic) bond motifs is 8. The first-order valence-electron chi connectivity index (χ1n) is 20.4. The summed E-state index contributed by atoms with van der Waals surface area (Å²) in [5.41, 5.74) is 24.1. The number of aryl methyl sites for hydroxylation is 8. The molecule has 6 aromatic carbocycles. The van der Waals surface area contributed by atoms with E-state index < -0.39 is 0 Å². The van der Waals surface area contributed by atoms with Crippen molar-refractivity contribution in [2.45, 2.75) is 53.4 Å². The molecule has 274 valence electrons. The van der Waals surface area contributed by atoms with Gasteiger partial charge in [0.25, 0.3) is 0 Å². The molecule has 12 rings (SSSR count). The van der Waals surface area contributed by atoms with Crippen LogP contribution in [-0.4, -0.2) is 26.5 Å². The highest BCUT2D eigenvalue weighted by Crippen LogP contribution is 2.51. The Morgan fingerprint density at radius 2 is 1.04 bits per heavy atom. The predicted molar refractivity (Wildman–Crippen MR) is 238 cm³/mol. The Kier molecular flexibility index (Phi) is 6.88. The van der Waals surface area contributed by atoms with Gasteiger partial charge in [-0.3, -0.25) is 14.1 Å². The molecule has 1 aliphatic heterocycles. The summed E-state index contributed by atoms with van der Waals surface area (Å²) in [6, 6.07) is 39.3. The summed E-state index contributed by atoms with van der Waals surface area (Å²) in [6.07, 6.45) is 10.3. The maximum atomic E-state index is 5.04. The zero-order valence-electron chi connectivity index (χ0n) is 32.9. The van der Waals surface area contributed by atoms with E-state index in [0.29, 0.717) is 0 Å². The Labute approximate surface area is 332 Å². The van der Waals surface area contributed by atoms with Crippen LogP contribution in [0.2, 0.25) is 0 Å². The van der Waals surface area contributed by atoms with Crippen LogP contribution < -0.4 is 0 Å². The molecule has 0 amide bonds. The third-order valence-electron chi connectivity index (χ3n) is 12.8. The Balaban J connectivity index is 1.15. The summed E-state index contributed by atoms with van der Waals surface area (Å²) in [5.74, 6) is 2.01. The molecule has 0 unspecified atom stereocenters. The zero-order chi connectivity index (χ0) is 38.1. The smallest absolute Gasteiger partial charge is 0.137 e. The molecule has 9 aromatic rings. The van der Waals surface area contributed by atoms with Crippen molar-refractivity contribution in [3.8, 4) is 39.2 Å². The number of aromatic nitrogens is 3. The van der Waals surface area contributed by atoms with Crippen LogP contribution >= 0.6 is 0 Å². The highest BCUT2D eigenvalue weighted by Gasteiger charge is 2.33. The number of allylic oxidation sites excluding steroid dienone is 1. The van der Waals surface area contributed by atoms with E-state index in [0.717, 1.165) is 43.9 Å². The van der Waals surface area contributed by atoms with Crippen LogP contribution in [0.25, 0.3) is 82.8 Å². The molecule has 4 nitrogen and oxygen atoms in total. The highest BCUT2D eigenvalue weighted by atomic mass is 15.1. The van der Waals surface area contributed by atoms with E-state index in [1.807, 2.05) is 12.3 Å². The number of nitrogens with zero attached hydrogens (tertiary/aromatic N) is 4.